The van der Waals surface area contributed by atoms with Crippen molar-refractivity contribution < 1.29 is 15.0 Å². The van der Waals surface area contributed by atoms with E-state index in [-0.39, 0.29) is 5.41 Å². The molecule has 10 atom stereocenters. The molecular formula is C25H42O3. The SMILES string of the molecule is C[C@H](CCCC=O)[C@H]1CC[C@H]2[C@@H]3CC[C@H]4[C@@H](O)[C@@H](O)CC[C@]4(C)[C@H]3CC[C@]12C. The number of hydrogen-bond acceptors (Lipinski definition) is 3. The number of aliphatic hydroxyl groups is 2. The molecule has 0 aromatic heterocycles. The van der Waals surface area contributed by atoms with E-state index in [1.165, 1.54) is 38.5 Å². The first-order valence-electron chi connectivity index (χ1n) is 12.1. The topological polar surface area (TPSA) is 57.5 Å². The van der Waals surface area contributed by atoms with E-state index < -0.39 is 12.2 Å². The second kappa shape index (κ2) is 7.69. The smallest absolute Gasteiger partial charge is 0.119 e. The maximum absolute atomic E-state index is 10.7. The molecule has 0 aromatic carbocycles. The van der Waals surface area contributed by atoms with Gasteiger partial charge >= 0.3 is 0 Å². The van der Waals surface area contributed by atoms with Crippen LogP contribution in [0.25, 0.3) is 0 Å². The van der Waals surface area contributed by atoms with Crippen LogP contribution in [0.15, 0.2) is 0 Å². The first-order chi connectivity index (χ1) is 13.3. The fourth-order valence-electron chi connectivity index (χ4n) is 9.01. The van der Waals surface area contributed by atoms with Gasteiger partial charge in [0, 0.05) is 6.42 Å². The Kier molecular flexibility index (Phi) is 5.72. The quantitative estimate of drug-likeness (QED) is 0.514. The number of carbonyl (C=O) groups is 1. The number of fused-ring (bicyclic) bond motifs is 5. The van der Waals surface area contributed by atoms with Crippen LogP contribution in [0.4, 0.5) is 0 Å². The normalized spacial score (nSPS) is 51.7. The largest absolute Gasteiger partial charge is 0.390 e. The van der Waals surface area contributed by atoms with E-state index in [0.29, 0.717) is 11.3 Å². The summed E-state index contributed by atoms with van der Waals surface area (Å²) in [4.78, 5) is 10.7. The molecule has 4 aliphatic carbocycles. The number of unbranched alkanes of at least 4 members (excludes halogenated alkanes) is 1. The fraction of sp³-hybridized carbons (Fsp3) is 0.960. The van der Waals surface area contributed by atoms with Crippen LogP contribution in [0.1, 0.15) is 91.4 Å². The van der Waals surface area contributed by atoms with Gasteiger partial charge in [-0.1, -0.05) is 27.2 Å². The van der Waals surface area contributed by atoms with Gasteiger partial charge in [-0.25, -0.2) is 0 Å². The number of aliphatic hydroxyl groups excluding tert-OH is 2. The number of carbonyl (C=O) groups excluding carboxylic acids is 1. The van der Waals surface area contributed by atoms with Crippen molar-refractivity contribution in [3.63, 3.8) is 0 Å². The van der Waals surface area contributed by atoms with E-state index in [1.54, 1.807) is 0 Å². The zero-order valence-corrected chi connectivity index (χ0v) is 18.3. The van der Waals surface area contributed by atoms with Gasteiger partial charge in [-0.05, 0) is 104 Å². The Hall–Kier alpha value is -0.410. The zero-order chi connectivity index (χ0) is 20.1. The molecule has 160 valence electrons. The lowest BCUT2D eigenvalue weighted by molar-refractivity contribution is -0.174. The third-order valence-electron chi connectivity index (χ3n) is 10.5. The Morgan fingerprint density at radius 1 is 0.929 bits per heavy atom. The van der Waals surface area contributed by atoms with Gasteiger partial charge < -0.3 is 15.0 Å². The van der Waals surface area contributed by atoms with Gasteiger partial charge in [0.2, 0.25) is 0 Å². The van der Waals surface area contributed by atoms with Gasteiger partial charge in [0.05, 0.1) is 12.2 Å². The van der Waals surface area contributed by atoms with Gasteiger partial charge in [0.25, 0.3) is 0 Å². The summed E-state index contributed by atoms with van der Waals surface area (Å²) in [5, 5.41) is 20.9. The van der Waals surface area contributed by atoms with Crippen molar-refractivity contribution in [2.45, 2.75) is 104 Å². The lowest BCUT2D eigenvalue weighted by atomic mass is 9.44. The van der Waals surface area contributed by atoms with Gasteiger partial charge in [0.15, 0.2) is 0 Å². The molecule has 0 bridgehead atoms. The van der Waals surface area contributed by atoms with Crippen LogP contribution in [0.3, 0.4) is 0 Å². The van der Waals surface area contributed by atoms with Crippen LogP contribution in [0.5, 0.6) is 0 Å². The minimum atomic E-state index is -0.512. The second-order valence-electron chi connectivity index (χ2n) is 11.5. The summed E-state index contributed by atoms with van der Waals surface area (Å²) in [5.41, 5.74) is 0.689. The lowest BCUT2D eigenvalue weighted by Crippen LogP contribution is -2.58. The van der Waals surface area contributed by atoms with Crippen molar-refractivity contribution >= 4 is 6.29 Å². The van der Waals surface area contributed by atoms with E-state index in [9.17, 15) is 15.0 Å². The predicted octanol–water partition coefficient (Wildman–Crippen LogP) is 4.98. The minimum Gasteiger partial charge on any atom is -0.390 e. The van der Waals surface area contributed by atoms with E-state index in [2.05, 4.69) is 20.8 Å². The van der Waals surface area contributed by atoms with Crippen molar-refractivity contribution in [3.8, 4) is 0 Å². The molecule has 3 nitrogen and oxygen atoms in total. The van der Waals surface area contributed by atoms with Gasteiger partial charge in [-0.15, -0.1) is 0 Å². The molecule has 0 saturated heterocycles. The number of aldehydes is 1. The maximum atomic E-state index is 10.7. The third-order valence-corrected chi connectivity index (χ3v) is 10.5. The van der Waals surface area contributed by atoms with Crippen LogP contribution in [0, 0.1) is 46.3 Å². The average molecular weight is 391 g/mol. The van der Waals surface area contributed by atoms with Crippen molar-refractivity contribution in [2.75, 3.05) is 0 Å². The Bertz CT molecular complexity index is 576. The Balaban J connectivity index is 1.51. The molecule has 0 aromatic rings. The maximum Gasteiger partial charge on any atom is 0.119 e. The van der Waals surface area contributed by atoms with Crippen molar-refractivity contribution in [1.82, 2.24) is 0 Å². The van der Waals surface area contributed by atoms with Gasteiger partial charge in [-0.2, -0.15) is 0 Å². The van der Waals surface area contributed by atoms with Crippen molar-refractivity contribution in [1.29, 1.82) is 0 Å². The van der Waals surface area contributed by atoms with Gasteiger partial charge in [-0.3, -0.25) is 0 Å². The highest BCUT2D eigenvalue weighted by molar-refractivity contribution is 5.48. The first-order valence-corrected chi connectivity index (χ1v) is 12.1. The highest BCUT2D eigenvalue weighted by Gasteiger charge is 2.61. The molecule has 0 aliphatic heterocycles. The van der Waals surface area contributed by atoms with Crippen LogP contribution in [0.2, 0.25) is 0 Å². The third kappa shape index (κ3) is 3.11. The first kappa shape index (κ1) is 20.8. The molecule has 4 aliphatic rings. The number of hydrogen-bond donors (Lipinski definition) is 2. The summed E-state index contributed by atoms with van der Waals surface area (Å²) in [6, 6.07) is 0. The summed E-state index contributed by atoms with van der Waals surface area (Å²) in [6.07, 6.45) is 12.6. The number of rotatable bonds is 5. The summed E-state index contributed by atoms with van der Waals surface area (Å²) in [6.45, 7) is 7.47. The Labute approximate surface area is 171 Å². The molecule has 4 rings (SSSR count). The molecule has 0 amide bonds. The molecule has 4 saturated carbocycles. The zero-order valence-electron chi connectivity index (χ0n) is 18.3. The predicted molar refractivity (Wildman–Crippen MR) is 112 cm³/mol. The van der Waals surface area contributed by atoms with E-state index >= 15 is 0 Å². The molecule has 2 N–H and O–H groups in total. The highest BCUT2D eigenvalue weighted by atomic mass is 16.3. The van der Waals surface area contributed by atoms with Crippen molar-refractivity contribution in [2.24, 2.45) is 46.3 Å². The average Bonchev–Trinajstić information content (AvgIpc) is 3.02. The molecule has 0 heterocycles. The van der Waals surface area contributed by atoms with Gasteiger partial charge in [0.1, 0.15) is 6.29 Å². The monoisotopic (exact) mass is 390 g/mol. The summed E-state index contributed by atoms with van der Waals surface area (Å²) in [7, 11) is 0. The minimum absolute atomic E-state index is 0.219. The highest BCUT2D eigenvalue weighted by Crippen LogP contribution is 2.68. The molecular weight excluding hydrogens is 348 g/mol. The van der Waals surface area contributed by atoms with E-state index in [1.807, 2.05) is 0 Å². The van der Waals surface area contributed by atoms with E-state index in [0.717, 1.165) is 68.0 Å². The molecule has 4 fully saturated rings. The van der Waals surface area contributed by atoms with Crippen LogP contribution < -0.4 is 0 Å². The molecule has 28 heavy (non-hydrogen) atoms. The molecule has 3 heteroatoms. The fourth-order valence-corrected chi connectivity index (χ4v) is 9.01. The second-order valence-corrected chi connectivity index (χ2v) is 11.5. The van der Waals surface area contributed by atoms with Crippen LogP contribution >= 0.6 is 0 Å². The molecule has 0 radical (unpaired) electrons. The Morgan fingerprint density at radius 3 is 2.36 bits per heavy atom. The summed E-state index contributed by atoms with van der Waals surface area (Å²) < 4.78 is 0. The lowest BCUT2D eigenvalue weighted by Gasteiger charge is -2.62. The van der Waals surface area contributed by atoms with Crippen LogP contribution in [-0.2, 0) is 4.79 Å². The Morgan fingerprint density at radius 2 is 1.61 bits per heavy atom. The van der Waals surface area contributed by atoms with E-state index in [4.69, 9.17) is 0 Å². The van der Waals surface area contributed by atoms with Crippen molar-refractivity contribution in [3.05, 3.63) is 0 Å². The standard InChI is InChI=1S/C25H42O3/c1-16(6-4-5-15-26)18-9-10-19-17-7-8-21-23(28)22(27)12-14-25(21,3)20(17)11-13-24(18,19)2/h15-23,27-28H,4-14H2,1-3H3/t16-,17+,18-,19+,20+,21+,22+,23-,24-,25-/m1/s1. The molecule has 0 unspecified atom stereocenters. The molecule has 0 spiro atoms. The summed E-state index contributed by atoms with van der Waals surface area (Å²) in [5.74, 6) is 4.22. The summed E-state index contributed by atoms with van der Waals surface area (Å²) >= 11 is 0. The van der Waals surface area contributed by atoms with Crippen LogP contribution in [-0.4, -0.2) is 28.7 Å².